The molecule has 0 amide bonds. The Bertz CT molecular complexity index is 422. The van der Waals surface area contributed by atoms with E-state index in [0.717, 1.165) is 70.3 Å². The summed E-state index contributed by atoms with van der Waals surface area (Å²) in [5.74, 6) is 7.77. The summed E-state index contributed by atoms with van der Waals surface area (Å²) in [5, 5.41) is 3.35. The fourth-order valence-electron chi connectivity index (χ4n) is 2.34. The van der Waals surface area contributed by atoms with Crippen molar-refractivity contribution in [1.82, 2.24) is 14.9 Å². The van der Waals surface area contributed by atoms with Crippen LogP contribution in [0.15, 0.2) is 6.07 Å². The van der Waals surface area contributed by atoms with Gasteiger partial charge in [-0.15, -0.1) is 0 Å². The van der Waals surface area contributed by atoms with Gasteiger partial charge in [0.15, 0.2) is 0 Å². The van der Waals surface area contributed by atoms with Crippen LogP contribution in [0.2, 0.25) is 0 Å². The number of hydrogen-bond acceptors (Lipinski definition) is 7. The molecule has 7 heteroatoms. The van der Waals surface area contributed by atoms with Crippen LogP contribution < -0.4 is 16.6 Å². The Morgan fingerprint density at radius 1 is 1.29 bits per heavy atom. The summed E-state index contributed by atoms with van der Waals surface area (Å²) >= 11 is 0. The number of rotatable bonds is 8. The minimum absolute atomic E-state index is 0.657. The second-order valence-electron chi connectivity index (χ2n) is 5.18. The summed E-state index contributed by atoms with van der Waals surface area (Å²) in [5.41, 5.74) is 2.60. The molecule has 21 heavy (non-hydrogen) atoms. The topological polar surface area (TPSA) is 88.3 Å². The average Bonchev–Trinajstić information content (AvgIpc) is 2.53. The minimum atomic E-state index is 0.657. The zero-order chi connectivity index (χ0) is 14.9. The van der Waals surface area contributed by atoms with Crippen molar-refractivity contribution in [1.29, 1.82) is 0 Å². The summed E-state index contributed by atoms with van der Waals surface area (Å²) < 4.78 is 5.34. The van der Waals surface area contributed by atoms with Gasteiger partial charge in [-0.25, -0.2) is 15.8 Å². The van der Waals surface area contributed by atoms with Crippen molar-refractivity contribution in [2.24, 2.45) is 5.84 Å². The van der Waals surface area contributed by atoms with Gasteiger partial charge in [0.2, 0.25) is 0 Å². The van der Waals surface area contributed by atoms with Gasteiger partial charge >= 0.3 is 0 Å². The highest BCUT2D eigenvalue weighted by Crippen LogP contribution is 2.11. The quantitative estimate of drug-likeness (QED) is 0.372. The number of morpholine rings is 1. The lowest BCUT2D eigenvalue weighted by Gasteiger charge is -2.26. The molecule has 1 fully saturated rings. The Kier molecular flexibility index (Phi) is 6.65. The lowest BCUT2D eigenvalue weighted by Crippen LogP contribution is -2.37. The third-order valence-corrected chi connectivity index (χ3v) is 3.45. The van der Waals surface area contributed by atoms with E-state index in [9.17, 15) is 0 Å². The average molecular weight is 294 g/mol. The first kappa shape index (κ1) is 15.9. The summed E-state index contributed by atoms with van der Waals surface area (Å²) in [6.07, 6.45) is 2.96. The van der Waals surface area contributed by atoms with Crippen LogP contribution in [-0.2, 0) is 11.2 Å². The predicted molar refractivity (Wildman–Crippen MR) is 84.2 cm³/mol. The number of hydrogen-bond donors (Lipinski definition) is 3. The highest BCUT2D eigenvalue weighted by molar-refractivity contribution is 5.46. The largest absolute Gasteiger partial charge is 0.379 e. The second kappa shape index (κ2) is 8.76. The number of aromatic nitrogens is 2. The molecule has 1 aliphatic heterocycles. The lowest BCUT2D eigenvalue weighted by molar-refractivity contribution is 0.0378. The molecular formula is C14H26N6O. The monoisotopic (exact) mass is 294 g/mol. The number of nitrogen functional groups attached to an aromatic ring is 1. The molecule has 0 aromatic carbocycles. The SMILES string of the molecule is CCCc1nc(NN)cc(NCCCN2CCOCC2)n1. The van der Waals surface area contributed by atoms with Gasteiger partial charge in [0.25, 0.3) is 0 Å². The van der Waals surface area contributed by atoms with E-state index in [-0.39, 0.29) is 0 Å². The Labute approximate surface area is 126 Å². The molecule has 4 N–H and O–H groups in total. The Morgan fingerprint density at radius 2 is 2.05 bits per heavy atom. The first-order valence-electron chi connectivity index (χ1n) is 7.70. The molecule has 0 atom stereocenters. The van der Waals surface area contributed by atoms with Crippen molar-refractivity contribution in [3.63, 3.8) is 0 Å². The van der Waals surface area contributed by atoms with Crippen LogP contribution in [0.5, 0.6) is 0 Å². The Balaban J connectivity index is 1.77. The summed E-state index contributed by atoms with van der Waals surface area (Å²) in [6.45, 7) is 7.87. The first-order chi connectivity index (χ1) is 10.3. The van der Waals surface area contributed by atoms with E-state index in [0.29, 0.717) is 5.82 Å². The maximum atomic E-state index is 5.45. The van der Waals surface area contributed by atoms with Gasteiger partial charge < -0.3 is 15.5 Å². The van der Waals surface area contributed by atoms with E-state index in [1.165, 1.54) is 0 Å². The highest BCUT2D eigenvalue weighted by atomic mass is 16.5. The van der Waals surface area contributed by atoms with Crippen molar-refractivity contribution >= 4 is 11.6 Å². The molecule has 2 heterocycles. The van der Waals surface area contributed by atoms with Crippen molar-refractivity contribution in [3.05, 3.63) is 11.9 Å². The molecule has 1 aromatic rings. The molecule has 0 spiro atoms. The number of aryl methyl sites for hydroxylation is 1. The number of nitrogens with zero attached hydrogens (tertiary/aromatic N) is 3. The van der Waals surface area contributed by atoms with Crippen molar-refractivity contribution < 1.29 is 4.74 Å². The molecule has 118 valence electrons. The molecule has 1 aliphatic rings. The summed E-state index contributed by atoms with van der Waals surface area (Å²) in [4.78, 5) is 11.3. The summed E-state index contributed by atoms with van der Waals surface area (Å²) in [7, 11) is 0. The third kappa shape index (κ3) is 5.45. The highest BCUT2D eigenvalue weighted by Gasteiger charge is 2.09. The first-order valence-corrected chi connectivity index (χ1v) is 7.70. The van der Waals surface area contributed by atoms with Gasteiger partial charge in [0.05, 0.1) is 13.2 Å². The van der Waals surface area contributed by atoms with Gasteiger partial charge in [0, 0.05) is 32.1 Å². The molecule has 2 rings (SSSR count). The zero-order valence-electron chi connectivity index (χ0n) is 12.8. The second-order valence-corrected chi connectivity index (χ2v) is 5.18. The van der Waals surface area contributed by atoms with Crippen molar-refractivity contribution in [2.45, 2.75) is 26.2 Å². The summed E-state index contributed by atoms with van der Waals surface area (Å²) in [6, 6.07) is 1.84. The normalized spacial score (nSPS) is 15.9. The fourth-order valence-corrected chi connectivity index (χ4v) is 2.34. The van der Waals surface area contributed by atoms with Gasteiger partial charge in [-0.2, -0.15) is 0 Å². The Hall–Kier alpha value is -1.44. The van der Waals surface area contributed by atoms with E-state index in [4.69, 9.17) is 10.6 Å². The fraction of sp³-hybridized carbons (Fsp3) is 0.714. The number of anilines is 2. The molecule has 1 aromatic heterocycles. The van der Waals surface area contributed by atoms with E-state index < -0.39 is 0 Å². The van der Waals surface area contributed by atoms with Crippen molar-refractivity contribution in [3.8, 4) is 0 Å². The number of nitrogens with one attached hydrogen (secondary N) is 2. The molecule has 0 saturated carbocycles. The molecule has 0 unspecified atom stereocenters. The number of ether oxygens (including phenoxy) is 1. The molecule has 0 bridgehead atoms. The van der Waals surface area contributed by atoms with Gasteiger partial charge in [0.1, 0.15) is 17.5 Å². The smallest absolute Gasteiger partial charge is 0.145 e. The lowest BCUT2D eigenvalue weighted by atomic mass is 10.3. The van der Waals surface area contributed by atoms with Crippen molar-refractivity contribution in [2.75, 3.05) is 50.1 Å². The van der Waals surface area contributed by atoms with Crippen LogP contribution in [-0.4, -0.2) is 54.3 Å². The minimum Gasteiger partial charge on any atom is -0.379 e. The van der Waals surface area contributed by atoms with Crippen LogP contribution in [0.4, 0.5) is 11.6 Å². The van der Waals surface area contributed by atoms with E-state index in [1.807, 2.05) is 6.07 Å². The molecule has 0 radical (unpaired) electrons. The van der Waals surface area contributed by atoms with Gasteiger partial charge in [-0.05, 0) is 19.4 Å². The standard InChI is InChI=1S/C14H26N6O/c1-2-4-12-17-13(11-14(18-12)19-15)16-5-3-6-20-7-9-21-10-8-20/h11H,2-10,15H2,1H3,(H2,16,17,18,19). The van der Waals surface area contributed by atoms with Crippen LogP contribution in [0.25, 0.3) is 0 Å². The maximum Gasteiger partial charge on any atom is 0.145 e. The van der Waals surface area contributed by atoms with Crippen LogP contribution in [0.3, 0.4) is 0 Å². The molecule has 1 saturated heterocycles. The third-order valence-electron chi connectivity index (χ3n) is 3.45. The zero-order valence-corrected chi connectivity index (χ0v) is 12.8. The van der Waals surface area contributed by atoms with Crippen LogP contribution in [0, 0.1) is 0 Å². The molecule has 0 aliphatic carbocycles. The van der Waals surface area contributed by atoms with Gasteiger partial charge in [-0.1, -0.05) is 6.92 Å². The van der Waals surface area contributed by atoms with Crippen LogP contribution >= 0.6 is 0 Å². The van der Waals surface area contributed by atoms with E-state index >= 15 is 0 Å². The van der Waals surface area contributed by atoms with Gasteiger partial charge in [-0.3, -0.25) is 4.90 Å². The number of hydrazine groups is 1. The Morgan fingerprint density at radius 3 is 2.76 bits per heavy atom. The van der Waals surface area contributed by atoms with E-state index in [1.54, 1.807) is 0 Å². The van der Waals surface area contributed by atoms with Crippen LogP contribution in [0.1, 0.15) is 25.6 Å². The number of nitrogens with two attached hydrogens (primary N) is 1. The van der Waals surface area contributed by atoms with E-state index in [2.05, 4.69) is 32.5 Å². The predicted octanol–water partition coefficient (Wildman–Crippen LogP) is 0.849. The molecule has 7 nitrogen and oxygen atoms in total. The maximum absolute atomic E-state index is 5.45. The molecular weight excluding hydrogens is 268 g/mol.